The van der Waals surface area contributed by atoms with Gasteiger partial charge >= 0.3 is 0 Å². The Balaban J connectivity index is 1.86. The maximum atomic E-state index is 11.8. The smallest absolute Gasteiger partial charge is 0.286 e. The number of rotatable bonds is 2. The van der Waals surface area contributed by atoms with Gasteiger partial charge in [0.25, 0.3) is 17.7 Å². The summed E-state index contributed by atoms with van der Waals surface area (Å²) in [5, 5.41) is 12.0. The van der Waals surface area contributed by atoms with Crippen LogP contribution in [0.5, 0.6) is 0 Å². The standard InChI is InChI=1S/C11H5ClN4O3S/c12-11-16-15-10(20-11)9(19)13-4-1-2-5-6(3-4)8(18)14-7(5)17/h1-3H,(H,13,19)(H,14,17,18). The average Bonchev–Trinajstić information content (AvgIpc) is 2.95. The van der Waals surface area contributed by atoms with Crippen molar-refractivity contribution in [2.75, 3.05) is 5.32 Å². The first kappa shape index (κ1) is 12.7. The van der Waals surface area contributed by atoms with Crippen molar-refractivity contribution in [1.29, 1.82) is 0 Å². The third-order valence-electron chi connectivity index (χ3n) is 2.59. The lowest BCUT2D eigenvalue weighted by atomic mass is 10.1. The summed E-state index contributed by atoms with van der Waals surface area (Å²) in [6.45, 7) is 0. The number of carbonyl (C=O) groups is 3. The van der Waals surface area contributed by atoms with E-state index in [2.05, 4.69) is 20.8 Å². The third kappa shape index (κ3) is 2.15. The molecule has 0 fully saturated rings. The topological polar surface area (TPSA) is 101 Å². The zero-order chi connectivity index (χ0) is 14.3. The molecule has 3 amide bonds. The number of hydrogen-bond acceptors (Lipinski definition) is 6. The highest BCUT2D eigenvalue weighted by Crippen LogP contribution is 2.21. The zero-order valence-corrected chi connectivity index (χ0v) is 11.2. The molecule has 3 rings (SSSR count). The molecule has 0 radical (unpaired) electrons. The van der Waals surface area contributed by atoms with E-state index in [1.807, 2.05) is 0 Å². The van der Waals surface area contributed by atoms with Gasteiger partial charge in [0.2, 0.25) is 9.47 Å². The van der Waals surface area contributed by atoms with Crippen LogP contribution >= 0.6 is 22.9 Å². The summed E-state index contributed by atoms with van der Waals surface area (Å²) in [5.74, 6) is -1.42. The molecule has 2 aromatic rings. The van der Waals surface area contributed by atoms with E-state index in [0.29, 0.717) is 5.69 Å². The number of aromatic nitrogens is 2. The molecule has 1 aromatic heterocycles. The van der Waals surface area contributed by atoms with E-state index < -0.39 is 17.7 Å². The minimum absolute atomic E-state index is 0.107. The Kier molecular flexibility index (Phi) is 2.96. The Labute approximate surface area is 121 Å². The molecule has 0 saturated carbocycles. The second-order valence-electron chi connectivity index (χ2n) is 3.86. The summed E-state index contributed by atoms with van der Waals surface area (Å²) in [5.41, 5.74) is 0.889. The number of hydrogen-bond donors (Lipinski definition) is 2. The fourth-order valence-corrected chi connectivity index (χ4v) is 2.45. The normalized spacial score (nSPS) is 13.1. The summed E-state index contributed by atoms with van der Waals surface area (Å²) in [7, 11) is 0. The summed E-state index contributed by atoms with van der Waals surface area (Å²) in [6, 6.07) is 4.42. The number of imide groups is 1. The highest BCUT2D eigenvalue weighted by molar-refractivity contribution is 7.17. The summed E-state index contributed by atoms with van der Waals surface area (Å²) in [6.07, 6.45) is 0. The quantitative estimate of drug-likeness (QED) is 0.815. The van der Waals surface area contributed by atoms with Crippen LogP contribution in [0.1, 0.15) is 30.5 Å². The maximum absolute atomic E-state index is 11.8. The lowest BCUT2D eigenvalue weighted by Gasteiger charge is -2.03. The van der Waals surface area contributed by atoms with Gasteiger partial charge in [-0.2, -0.15) is 0 Å². The number of amides is 3. The van der Waals surface area contributed by atoms with Crippen LogP contribution in [0.2, 0.25) is 4.47 Å². The molecule has 0 saturated heterocycles. The number of halogens is 1. The molecule has 0 atom stereocenters. The van der Waals surface area contributed by atoms with Gasteiger partial charge in [0.1, 0.15) is 0 Å². The second-order valence-corrected chi connectivity index (χ2v) is 5.42. The molecule has 1 aromatic carbocycles. The lowest BCUT2D eigenvalue weighted by Crippen LogP contribution is -2.19. The van der Waals surface area contributed by atoms with E-state index in [9.17, 15) is 14.4 Å². The molecule has 0 spiro atoms. The fraction of sp³-hybridized carbons (Fsp3) is 0. The molecule has 20 heavy (non-hydrogen) atoms. The van der Waals surface area contributed by atoms with Crippen molar-refractivity contribution in [1.82, 2.24) is 15.5 Å². The van der Waals surface area contributed by atoms with E-state index in [1.54, 1.807) is 0 Å². The van der Waals surface area contributed by atoms with Crippen LogP contribution in [-0.2, 0) is 0 Å². The van der Waals surface area contributed by atoms with Crippen molar-refractivity contribution < 1.29 is 14.4 Å². The Bertz CT molecular complexity index is 758. The Morgan fingerprint density at radius 1 is 1.20 bits per heavy atom. The highest BCUT2D eigenvalue weighted by Gasteiger charge is 2.27. The first-order valence-corrected chi connectivity index (χ1v) is 6.54. The van der Waals surface area contributed by atoms with Crippen LogP contribution in [0.15, 0.2) is 18.2 Å². The first-order valence-electron chi connectivity index (χ1n) is 5.34. The van der Waals surface area contributed by atoms with Crippen LogP contribution < -0.4 is 10.6 Å². The molecule has 100 valence electrons. The molecule has 1 aliphatic rings. The van der Waals surface area contributed by atoms with Crippen LogP contribution in [0.4, 0.5) is 5.69 Å². The number of benzene rings is 1. The van der Waals surface area contributed by atoms with E-state index in [-0.39, 0.29) is 20.6 Å². The summed E-state index contributed by atoms with van der Waals surface area (Å²) < 4.78 is 0.161. The number of anilines is 1. The maximum Gasteiger partial charge on any atom is 0.286 e. The molecular formula is C11H5ClN4O3S. The van der Waals surface area contributed by atoms with Gasteiger partial charge in [0.15, 0.2) is 0 Å². The monoisotopic (exact) mass is 308 g/mol. The lowest BCUT2D eigenvalue weighted by molar-refractivity contribution is 0.0878. The first-order chi connectivity index (χ1) is 9.54. The molecule has 0 aliphatic carbocycles. The molecule has 0 unspecified atom stereocenters. The molecule has 2 N–H and O–H groups in total. The van der Waals surface area contributed by atoms with Crippen LogP contribution in [-0.4, -0.2) is 27.9 Å². The van der Waals surface area contributed by atoms with Gasteiger partial charge in [-0.25, -0.2) is 0 Å². The number of carbonyl (C=O) groups excluding carboxylic acids is 3. The SMILES string of the molecule is O=C(Nc1ccc2c(c1)C(=O)NC2=O)c1nnc(Cl)s1. The van der Waals surface area contributed by atoms with Crippen molar-refractivity contribution in [2.45, 2.75) is 0 Å². The van der Waals surface area contributed by atoms with Gasteiger partial charge < -0.3 is 5.32 Å². The number of nitrogens with zero attached hydrogens (tertiary/aromatic N) is 2. The minimum atomic E-state index is -0.487. The largest absolute Gasteiger partial charge is 0.320 e. The zero-order valence-electron chi connectivity index (χ0n) is 9.64. The van der Waals surface area contributed by atoms with E-state index in [4.69, 9.17) is 11.6 Å². The van der Waals surface area contributed by atoms with E-state index >= 15 is 0 Å². The van der Waals surface area contributed by atoms with Crippen molar-refractivity contribution in [3.8, 4) is 0 Å². The van der Waals surface area contributed by atoms with Crippen molar-refractivity contribution >= 4 is 46.3 Å². The third-order valence-corrected chi connectivity index (χ3v) is 3.61. The van der Waals surface area contributed by atoms with Gasteiger partial charge in [0, 0.05) is 5.69 Å². The van der Waals surface area contributed by atoms with E-state index in [1.165, 1.54) is 18.2 Å². The summed E-state index contributed by atoms with van der Waals surface area (Å²) in [4.78, 5) is 34.7. The molecular weight excluding hydrogens is 304 g/mol. The molecule has 9 heteroatoms. The Hall–Kier alpha value is -2.32. The van der Waals surface area contributed by atoms with E-state index in [0.717, 1.165) is 11.3 Å². The van der Waals surface area contributed by atoms with Crippen LogP contribution in [0.3, 0.4) is 0 Å². The van der Waals surface area contributed by atoms with Gasteiger partial charge in [-0.15, -0.1) is 10.2 Å². The Morgan fingerprint density at radius 3 is 2.65 bits per heavy atom. The highest BCUT2D eigenvalue weighted by atomic mass is 35.5. The van der Waals surface area contributed by atoms with Crippen molar-refractivity contribution in [2.24, 2.45) is 0 Å². The summed E-state index contributed by atoms with van der Waals surface area (Å²) >= 11 is 6.53. The van der Waals surface area contributed by atoms with Crippen molar-refractivity contribution in [3.05, 3.63) is 38.8 Å². The van der Waals surface area contributed by atoms with Gasteiger partial charge in [-0.3, -0.25) is 19.7 Å². The second kappa shape index (κ2) is 4.66. The molecule has 0 bridgehead atoms. The number of fused-ring (bicyclic) bond motifs is 1. The number of nitrogens with one attached hydrogen (secondary N) is 2. The predicted molar refractivity (Wildman–Crippen MR) is 71.1 cm³/mol. The molecule has 7 nitrogen and oxygen atoms in total. The minimum Gasteiger partial charge on any atom is -0.320 e. The predicted octanol–water partition coefficient (Wildman–Crippen LogP) is 1.33. The molecule has 1 aliphatic heterocycles. The van der Waals surface area contributed by atoms with Gasteiger partial charge in [-0.1, -0.05) is 11.3 Å². The van der Waals surface area contributed by atoms with Gasteiger partial charge in [0.05, 0.1) is 11.1 Å². The molecule has 2 heterocycles. The van der Waals surface area contributed by atoms with Crippen molar-refractivity contribution in [3.63, 3.8) is 0 Å². The average molecular weight is 309 g/mol. The Morgan fingerprint density at radius 2 is 1.95 bits per heavy atom. The van der Waals surface area contributed by atoms with Crippen LogP contribution in [0, 0.1) is 0 Å². The fourth-order valence-electron chi connectivity index (χ4n) is 1.73. The van der Waals surface area contributed by atoms with Crippen LogP contribution in [0.25, 0.3) is 0 Å². The van der Waals surface area contributed by atoms with Gasteiger partial charge in [-0.05, 0) is 29.8 Å².